The van der Waals surface area contributed by atoms with E-state index in [1.807, 2.05) is 38.1 Å². The Morgan fingerprint density at radius 2 is 1.92 bits per heavy atom. The van der Waals surface area contributed by atoms with E-state index in [-0.39, 0.29) is 12.0 Å². The molecule has 132 valence electrons. The fourth-order valence-electron chi connectivity index (χ4n) is 2.96. The fraction of sp³-hybridized carbons (Fsp3) is 0.556. The molecule has 1 atom stereocenters. The van der Waals surface area contributed by atoms with Gasteiger partial charge in [-0.05, 0) is 45.7 Å². The molecule has 1 aliphatic heterocycles. The molecule has 0 spiro atoms. The van der Waals surface area contributed by atoms with Crippen molar-refractivity contribution in [2.45, 2.75) is 51.8 Å². The van der Waals surface area contributed by atoms with E-state index in [1.54, 1.807) is 20.8 Å². The molecule has 1 aromatic rings. The number of carbonyl (C=O) groups excluding carboxylic acids is 1. The SMILES string of the molecule is CCOC(=O)C(C)(C)c1ccc([C@H]2COC(C)(C)N2C(=O)O)cc1. The first-order valence-corrected chi connectivity index (χ1v) is 8.05. The van der Waals surface area contributed by atoms with E-state index in [4.69, 9.17) is 9.47 Å². The highest BCUT2D eigenvalue weighted by atomic mass is 16.5. The van der Waals surface area contributed by atoms with Gasteiger partial charge in [0.05, 0.1) is 24.7 Å². The van der Waals surface area contributed by atoms with Crippen molar-refractivity contribution in [1.29, 1.82) is 0 Å². The molecule has 6 nitrogen and oxygen atoms in total. The number of esters is 1. The third-order valence-corrected chi connectivity index (χ3v) is 4.50. The van der Waals surface area contributed by atoms with E-state index in [9.17, 15) is 14.7 Å². The van der Waals surface area contributed by atoms with Crippen LogP contribution in [0.25, 0.3) is 0 Å². The maximum atomic E-state index is 12.1. The number of hydrogen-bond acceptors (Lipinski definition) is 4. The smallest absolute Gasteiger partial charge is 0.410 e. The minimum Gasteiger partial charge on any atom is -0.465 e. The third-order valence-electron chi connectivity index (χ3n) is 4.50. The van der Waals surface area contributed by atoms with Gasteiger partial charge in [0, 0.05) is 0 Å². The van der Waals surface area contributed by atoms with Crippen molar-refractivity contribution in [2.75, 3.05) is 13.2 Å². The van der Waals surface area contributed by atoms with E-state index in [0.29, 0.717) is 13.2 Å². The van der Waals surface area contributed by atoms with Crippen molar-refractivity contribution < 1.29 is 24.2 Å². The predicted molar refractivity (Wildman–Crippen MR) is 88.7 cm³/mol. The molecule has 1 heterocycles. The van der Waals surface area contributed by atoms with Gasteiger partial charge in [-0.3, -0.25) is 9.69 Å². The van der Waals surface area contributed by atoms with Crippen molar-refractivity contribution >= 4 is 12.1 Å². The van der Waals surface area contributed by atoms with Crippen LogP contribution in [0.2, 0.25) is 0 Å². The van der Waals surface area contributed by atoms with Crippen LogP contribution in [0.3, 0.4) is 0 Å². The molecule has 0 aliphatic carbocycles. The zero-order valence-corrected chi connectivity index (χ0v) is 14.8. The summed E-state index contributed by atoms with van der Waals surface area (Å²) in [6.45, 7) is 9.51. The number of nitrogens with zero attached hydrogens (tertiary/aromatic N) is 1. The molecule has 0 saturated carbocycles. The molecule has 1 saturated heterocycles. The Hall–Kier alpha value is -2.08. The summed E-state index contributed by atoms with van der Waals surface area (Å²) >= 11 is 0. The van der Waals surface area contributed by atoms with Crippen molar-refractivity contribution in [3.63, 3.8) is 0 Å². The minimum atomic E-state index is -1.02. The first-order valence-electron chi connectivity index (χ1n) is 8.05. The summed E-state index contributed by atoms with van der Waals surface area (Å²) in [5, 5.41) is 9.48. The lowest BCUT2D eigenvalue weighted by Crippen LogP contribution is -2.44. The molecule has 0 radical (unpaired) electrons. The molecular formula is C18H25NO5. The van der Waals surface area contributed by atoms with Gasteiger partial charge in [0.1, 0.15) is 5.72 Å². The highest BCUT2D eigenvalue weighted by molar-refractivity contribution is 5.82. The van der Waals surface area contributed by atoms with Gasteiger partial charge in [-0.2, -0.15) is 0 Å². The molecule has 1 amide bonds. The standard InChI is InChI=1S/C18H25NO5/c1-6-23-15(20)17(2,3)13-9-7-12(8-10-13)14-11-24-18(4,5)19(14)16(21)22/h7-10,14H,6,11H2,1-5H3,(H,21,22)/t14-/m1/s1. The van der Waals surface area contributed by atoms with Crippen LogP contribution in [-0.4, -0.2) is 41.0 Å². The van der Waals surface area contributed by atoms with E-state index in [0.717, 1.165) is 11.1 Å². The molecule has 24 heavy (non-hydrogen) atoms. The second kappa shape index (κ2) is 6.43. The molecule has 1 aliphatic rings. The molecule has 0 unspecified atom stereocenters. The number of amides is 1. The lowest BCUT2D eigenvalue weighted by atomic mass is 9.84. The summed E-state index contributed by atoms with van der Waals surface area (Å²) < 4.78 is 10.7. The van der Waals surface area contributed by atoms with Gasteiger partial charge in [-0.15, -0.1) is 0 Å². The molecule has 1 N–H and O–H groups in total. The summed E-state index contributed by atoms with van der Waals surface area (Å²) in [7, 11) is 0. The number of carbonyl (C=O) groups is 2. The van der Waals surface area contributed by atoms with Crippen LogP contribution in [0.4, 0.5) is 4.79 Å². The quantitative estimate of drug-likeness (QED) is 0.854. The highest BCUT2D eigenvalue weighted by Gasteiger charge is 2.44. The summed E-state index contributed by atoms with van der Waals surface area (Å²) in [4.78, 5) is 25.0. The van der Waals surface area contributed by atoms with Gasteiger partial charge in [-0.25, -0.2) is 4.79 Å². The number of benzene rings is 1. The molecular weight excluding hydrogens is 310 g/mol. The molecule has 0 bridgehead atoms. The largest absolute Gasteiger partial charge is 0.465 e. The Balaban J connectivity index is 2.27. The lowest BCUT2D eigenvalue weighted by molar-refractivity contribution is -0.148. The lowest BCUT2D eigenvalue weighted by Gasteiger charge is -2.31. The van der Waals surface area contributed by atoms with Crippen LogP contribution in [-0.2, 0) is 19.7 Å². The Bertz CT molecular complexity index is 621. The molecule has 6 heteroatoms. The number of rotatable bonds is 4. The first kappa shape index (κ1) is 18.3. The van der Waals surface area contributed by atoms with E-state index < -0.39 is 17.2 Å². The average molecular weight is 335 g/mol. The van der Waals surface area contributed by atoms with Gasteiger partial charge in [0.25, 0.3) is 0 Å². The third kappa shape index (κ3) is 3.24. The fourth-order valence-corrected chi connectivity index (χ4v) is 2.96. The minimum absolute atomic E-state index is 0.282. The Morgan fingerprint density at radius 3 is 2.42 bits per heavy atom. The second-order valence-electron chi connectivity index (χ2n) is 6.89. The van der Waals surface area contributed by atoms with Gasteiger partial charge >= 0.3 is 12.1 Å². The monoisotopic (exact) mass is 335 g/mol. The molecule has 1 fully saturated rings. The van der Waals surface area contributed by atoms with E-state index in [1.165, 1.54) is 4.90 Å². The molecule has 2 rings (SSSR count). The van der Waals surface area contributed by atoms with Crippen LogP contribution in [0.15, 0.2) is 24.3 Å². The van der Waals surface area contributed by atoms with Gasteiger partial charge in [-0.1, -0.05) is 24.3 Å². The molecule has 1 aromatic carbocycles. The summed E-state index contributed by atoms with van der Waals surface area (Å²) in [5.74, 6) is -0.282. The normalized spacial score (nSPS) is 20.0. The van der Waals surface area contributed by atoms with Crippen LogP contribution in [0.5, 0.6) is 0 Å². The highest BCUT2D eigenvalue weighted by Crippen LogP contribution is 2.37. The maximum absolute atomic E-state index is 12.1. The van der Waals surface area contributed by atoms with Crippen molar-refractivity contribution in [3.8, 4) is 0 Å². The van der Waals surface area contributed by atoms with Crippen LogP contribution < -0.4 is 0 Å². The Labute approximate surface area is 142 Å². The summed E-state index contributed by atoms with van der Waals surface area (Å²) in [6.07, 6.45) is -1.02. The van der Waals surface area contributed by atoms with Crippen LogP contribution in [0, 0.1) is 0 Å². The maximum Gasteiger partial charge on any atom is 0.410 e. The topological polar surface area (TPSA) is 76.1 Å². The van der Waals surface area contributed by atoms with Crippen molar-refractivity contribution in [3.05, 3.63) is 35.4 Å². The van der Waals surface area contributed by atoms with Crippen molar-refractivity contribution in [2.24, 2.45) is 0 Å². The molecule has 0 aromatic heterocycles. The number of carboxylic acid groups (broad SMARTS) is 1. The predicted octanol–water partition coefficient (Wildman–Crippen LogP) is 3.31. The van der Waals surface area contributed by atoms with Gasteiger partial charge < -0.3 is 14.6 Å². The number of hydrogen-bond donors (Lipinski definition) is 1. The van der Waals surface area contributed by atoms with Crippen LogP contribution >= 0.6 is 0 Å². The summed E-state index contributed by atoms with van der Waals surface area (Å²) in [6, 6.07) is 7.02. The van der Waals surface area contributed by atoms with Gasteiger partial charge in [0.15, 0.2) is 0 Å². The van der Waals surface area contributed by atoms with Crippen LogP contribution in [0.1, 0.15) is 51.8 Å². The zero-order chi connectivity index (χ0) is 18.1. The Morgan fingerprint density at radius 1 is 1.33 bits per heavy atom. The van der Waals surface area contributed by atoms with E-state index >= 15 is 0 Å². The summed E-state index contributed by atoms with van der Waals surface area (Å²) in [5.41, 5.74) is 0.0439. The Kier molecular flexibility index (Phi) is 4.90. The first-order chi connectivity index (χ1) is 11.1. The van der Waals surface area contributed by atoms with Crippen molar-refractivity contribution in [1.82, 2.24) is 4.90 Å². The van der Waals surface area contributed by atoms with Gasteiger partial charge in [0.2, 0.25) is 0 Å². The number of ether oxygens (including phenoxy) is 2. The average Bonchev–Trinajstić information content (AvgIpc) is 2.83. The second-order valence-corrected chi connectivity index (χ2v) is 6.89. The van der Waals surface area contributed by atoms with E-state index in [2.05, 4.69) is 0 Å². The zero-order valence-electron chi connectivity index (χ0n) is 14.8.